The molecule has 0 aliphatic carbocycles. The van der Waals surface area contributed by atoms with Crippen molar-refractivity contribution in [1.82, 2.24) is 0 Å². The van der Waals surface area contributed by atoms with E-state index in [0.717, 1.165) is 47.6 Å². The summed E-state index contributed by atoms with van der Waals surface area (Å²) in [5.74, 6) is 1.01. The summed E-state index contributed by atoms with van der Waals surface area (Å²) >= 11 is 3.14. The molecule has 34 heavy (non-hydrogen) atoms. The number of hydrogen-bond acceptors (Lipinski definition) is 7. The van der Waals surface area contributed by atoms with E-state index >= 15 is 0 Å². The third-order valence-electron chi connectivity index (χ3n) is 6.08. The number of fused-ring (bicyclic) bond motifs is 1. The molecular weight excluding hydrogens is 486 g/mol. The van der Waals surface area contributed by atoms with Gasteiger partial charge < -0.3 is 9.64 Å². The summed E-state index contributed by atoms with van der Waals surface area (Å²) in [5.41, 5.74) is 2.71. The zero-order valence-corrected chi connectivity index (χ0v) is 23.0. The molecule has 5 nitrogen and oxygen atoms in total. The van der Waals surface area contributed by atoms with Crippen molar-refractivity contribution in [3.63, 3.8) is 0 Å². The lowest BCUT2D eigenvalue weighted by molar-refractivity contribution is -0.139. The van der Waals surface area contributed by atoms with Crippen molar-refractivity contribution in [3.8, 4) is 0 Å². The van der Waals surface area contributed by atoms with Crippen LogP contribution in [-0.4, -0.2) is 46.0 Å². The van der Waals surface area contributed by atoms with E-state index < -0.39 is 10.6 Å². The van der Waals surface area contributed by atoms with Gasteiger partial charge in [0, 0.05) is 34.0 Å². The van der Waals surface area contributed by atoms with Crippen molar-refractivity contribution in [3.05, 3.63) is 48.0 Å². The summed E-state index contributed by atoms with van der Waals surface area (Å²) in [6.45, 7) is 7.27. The van der Waals surface area contributed by atoms with Crippen molar-refractivity contribution in [2.24, 2.45) is 5.41 Å². The van der Waals surface area contributed by atoms with Gasteiger partial charge in [-0.15, -0.1) is 23.5 Å². The number of thioether (sulfide) groups is 2. The molecule has 3 rings (SSSR count). The standard InChI is InChI=1S/C26H37NO4S3/c1-5-7-13-26(3)18-27(21-11-9-8-10-12-21)22-15-23(32-4)20(14-24(22)34(29,30)19-26)16-33-17-25(28)31-6-2/h8-12,14-15,29-30H,5-7,13,16-19H2,1-4H3. The summed E-state index contributed by atoms with van der Waals surface area (Å²) in [6, 6.07) is 14.3. The molecule has 1 unspecified atom stereocenters. The lowest BCUT2D eigenvalue weighted by atomic mass is 9.86. The molecule has 0 saturated carbocycles. The highest BCUT2D eigenvalue weighted by molar-refractivity contribution is 8.24. The van der Waals surface area contributed by atoms with Gasteiger partial charge in [-0.25, -0.2) is 0 Å². The molecule has 1 atom stereocenters. The monoisotopic (exact) mass is 523 g/mol. The fourth-order valence-corrected chi connectivity index (χ4v) is 8.21. The second kappa shape index (κ2) is 12.1. The summed E-state index contributed by atoms with van der Waals surface area (Å²) in [6.07, 6.45) is 5.10. The molecule has 0 bridgehead atoms. The molecule has 0 aromatic heterocycles. The van der Waals surface area contributed by atoms with Crippen molar-refractivity contribution < 1.29 is 18.6 Å². The van der Waals surface area contributed by atoms with Crippen LogP contribution in [-0.2, 0) is 15.3 Å². The molecule has 1 aliphatic rings. The Balaban J connectivity index is 2.05. The Kier molecular flexibility index (Phi) is 9.69. The predicted octanol–water partition coefficient (Wildman–Crippen LogP) is 7.66. The molecule has 2 N–H and O–H groups in total. The first-order chi connectivity index (χ1) is 16.2. The van der Waals surface area contributed by atoms with Gasteiger partial charge >= 0.3 is 5.97 Å². The number of carbonyl (C=O) groups is 1. The fourth-order valence-electron chi connectivity index (χ4n) is 4.48. The SMILES string of the molecule is CCCCC1(C)CN(c2ccccc2)c2cc(SC)c(CSCC(=O)OCC)cc2S(O)(O)C1. The Bertz CT molecular complexity index is 970. The summed E-state index contributed by atoms with van der Waals surface area (Å²) in [4.78, 5) is 15.8. The molecule has 1 aliphatic heterocycles. The molecule has 8 heteroatoms. The Labute approximate surface area is 214 Å². The first-order valence-corrected chi connectivity index (χ1v) is 15.9. The maximum Gasteiger partial charge on any atom is 0.315 e. The molecule has 0 radical (unpaired) electrons. The van der Waals surface area contributed by atoms with Gasteiger partial charge in [-0.3, -0.25) is 13.9 Å². The van der Waals surface area contributed by atoms with Gasteiger partial charge in [-0.05, 0) is 49.4 Å². The number of hydrogen-bond donors (Lipinski definition) is 2. The Morgan fingerprint density at radius 1 is 1.21 bits per heavy atom. The van der Waals surface area contributed by atoms with E-state index in [9.17, 15) is 13.9 Å². The number of anilines is 2. The molecule has 2 aromatic rings. The number of carbonyl (C=O) groups excluding carboxylic acids is 1. The van der Waals surface area contributed by atoms with Crippen LogP contribution in [0.3, 0.4) is 0 Å². The van der Waals surface area contributed by atoms with Crippen LogP contribution in [0.1, 0.15) is 45.6 Å². The fraction of sp³-hybridized carbons (Fsp3) is 0.500. The van der Waals surface area contributed by atoms with Crippen LogP contribution >= 0.6 is 34.1 Å². The molecule has 1 heterocycles. The average Bonchev–Trinajstić information content (AvgIpc) is 2.89. The van der Waals surface area contributed by atoms with Crippen molar-refractivity contribution in [2.75, 3.05) is 35.8 Å². The molecule has 2 aromatic carbocycles. The van der Waals surface area contributed by atoms with Crippen LogP contribution in [0.2, 0.25) is 0 Å². The lowest BCUT2D eigenvalue weighted by Gasteiger charge is -2.39. The number of rotatable bonds is 10. The third kappa shape index (κ3) is 6.66. The number of benzene rings is 2. The largest absolute Gasteiger partial charge is 0.465 e. The minimum atomic E-state index is -3.01. The van der Waals surface area contributed by atoms with E-state index in [4.69, 9.17) is 4.74 Å². The Hall–Kier alpha value is -1.32. The van der Waals surface area contributed by atoms with Crippen LogP contribution in [0.15, 0.2) is 52.3 Å². The highest BCUT2D eigenvalue weighted by atomic mass is 32.3. The molecule has 0 amide bonds. The second-order valence-electron chi connectivity index (χ2n) is 9.08. The molecule has 188 valence electrons. The molecule has 0 saturated heterocycles. The minimum absolute atomic E-state index is 0.223. The number of ether oxygens (including phenoxy) is 1. The smallest absolute Gasteiger partial charge is 0.315 e. The average molecular weight is 524 g/mol. The summed E-state index contributed by atoms with van der Waals surface area (Å²) in [5, 5.41) is 0. The first-order valence-electron chi connectivity index (χ1n) is 11.8. The normalized spacial score (nSPS) is 20.4. The van der Waals surface area contributed by atoms with Crippen LogP contribution in [0.5, 0.6) is 0 Å². The third-order valence-corrected chi connectivity index (χ3v) is 9.98. The Morgan fingerprint density at radius 3 is 2.59 bits per heavy atom. The van der Waals surface area contributed by atoms with Gasteiger partial charge in [0.1, 0.15) is 0 Å². The maximum absolute atomic E-state index is 11.8. The topological polar surface area (TPSA) is 70.0 Å². The second-order valence-corrected chi connectivity index (χ2v) is 13.0. The number of nitrogens with zero attached hydrogens (tertiary/aromatic N) is 1. The lowest BCUT2D eigenvalue weighted by Crippen LogP contribution is -2.35. The number of para-hydroxylation sites is 1. The van der Waals surface area contributed by atoms with Gasteiger partial charge in [-0.1, -0.05) is 44.9 Å². The van der Waals surface area contributed by atoms with Crippen molar-refractivity contribution >= 4 is 51.5 Å². The van der Waals surface area contributed by atoms with E-state index in [-0.39, 0.29) is 17.1 Å². The van der Waals surface area contributed by atoms with E-state index in [2.05, 4.69) is 36.9 Å². The zero-order chi connectivity index (χ0) is 24.8. The van der Waals surface area contributed by atoms with E-state index in [1.54, 1.807) is 18.7 Å². The van der Waals surface area contributed by atoms with Crippen molar-refractivity contribution in [1.29, 1.82) is 0 Å². The number of esters is 1. The maximum atomic E-state index is 11.8. The van der Waals surface area contributed by atoms with Gasteiger partial charge in [-0.2, -0.15) is 10.6 Å². The van der Waals surface area contributed by atoms with Crippen LogP contribution in [0, 0.1) is 5.41 Å². The minimum Gasteiger partial charge on any atom is -0.465 e. The van der Waals surface area contributed by atoms with E-state index in [0.29, 0.717) is 23.0 Å². The van der Waals surface area contributed by atoms with Gasteiger partial charge in [0.05, 0.1) is 22.9 Å². The summed E-state index contributed by atoms with van der Waals surface area (Å²) < 4.78 is 28.1. The van der Waals surface area contributed by atoms with Crippen LogP contribution in [0.25, 0.3) is 0 Å². The summed E-state index contributed by atoms with van der Waals surface area (Å²) in [7, 11) is -3.01. The van der Waals surface area contributed by atoms with Gasteiger partial charge in [0.2, 0.25) is 0 Å². The zero-order valence-electron chi connectivity index (χ0n) is 20.6. The highest BCUT2D eigenvalue weighted by Crippen LogP contribution is 2.60. The van der Waals surface area contributed by atoms with Crippen LogP contribution < -0.4 is 4.90 Å². The molecular formula is C26H37NO4S3. The Morgan fingerprint density at radius 2 is 1.94 bits per heavy atom. The van der Waals surface area contributed by atoms with Crippen LogP contribution in [0.4, 0.5) is 11.4 Å². The van der Waals surface area contributed by atoms with E-state index in [1.165, 1.54) is 11.8 Å². The van der Waals surface area contributed by atoms with E-state index in [1.807, 2.05) is 30.5 Å². The van der Waals surface area contributed by atoms with Gasteiger partial charge in [0.25, 0.3) is 0 Å². The number of unbranched alkanes of at least 4 members (excludes halogenated alkanes) is 1. The molecule has 0 fully saturated rings. The first kappa shape index (κ1) is 27.3. The van der Waals surface area contributed by atoms with Gasteiger partial charge in [0.15, 0.2) is 0 Å². The predicted molar refractivity (Wildman–Crippen MR) is 148 cm³/mol. The molecule has 0 spiro atoms. The van der Waals surface area contributed by atoms with Crippen molar-refractivity contribution in [2.45, 2.75) is 55.6 Å². The highest BCUT2D eigenvalue weighted by Gasteiger charge is 2.40. The quantitative estimate of drug-likeness (QED) is 0.245.